The molecule has 0 atom stereocenters. The number of aromatic nitrogens is 3. The molecule has 3 nitrogen and oxygen atoms in total. The molecule has 0 aliphatic rings. The summed E-state index contributed by atoms with van der Waals surface area (Å²) in [5.41, 5.74) is 8.49. The molecule has 0 amide bonds. The van der Waals surface area contributed by atoms with Crippen LogP contribution in [0.15, 0.2) is 152 Å². The van der Waals surface area contributed by atoms with Gasteiger partial charge >= 0.3 is 0 Å². The van der Waals surface area contributed by atoms with Crippen LogP contribution in [0.3, 0.4) is 0 Å². The fraction of sp³-hybridized carbons (Fsp3) is 0. The van der Waals surface area contributed by atoms with E-state index in [0.29, 0.717) is 0 Å². The van der Waals surface area contributed by atoms with E-state index in [2.05, 4.69) is 120 Å². The van der Waals surface area contributed by atoms with Gasteiger partial charge in [-0.2, -0.15) is 0 Å². The van der Waals surface area contributed by atoms with Crippen molar-refractivity contribution < 1.29 is 0 Å². The van der Waals surface area contributed by atoms with Crippen molar-refractivity contribution in [2.75, 3.05) is 0 Å². The molecular weight excluding hydrogens is 555 g/mol. The highest BCUT2D eigenvalue weighted by atomic mass is 32.1. The summed E-state index contributed by atoms with van der Waals surface area (Å²) >= 11 is 1.86. The number of hydrogen-bond acceptors (Lipinski definition) is 3. The molecule has 9 aromatic rings. The predicted molar refractivity (Wildman–Crippen MR) is 186 cm³/mol. The summed E-state index contributed by atoms with van der Waals surface area (Å²) in [7, 11) is 0. The minimum Gasteiger partial charge on any atom is -0.309 e. The van der Waals surface area contributed by atoms with Crippen LogP contribution in [0.1, 0.15) is 0 Å². The van der Waals surface area contributed by atoms with E-state index in [1.807, 2.05) is 47.7 Å². The molecule has 3 heterocycles. The van der Waals surface area contributed by atoms with Crippen molar-refractivity contribution in [3.05, 3.63) is 152 Å². The van der Waals surface area contributed by atoms with Gasteiger partial charge in [-0.15, -0.1) is 11.3 Å². The van der Waals surface area contributed by atoms with E-state index in [4.69, 9.17) is 9.97 Å². The second-order valence-corrected chi connectivity index (χ2v) is 12.1. The first kappa shape index (κ1) is 25.0. The maximum absolute atomic E-state index is 5.03. The molecule has 0 unspecified atom stereocenters. The number of hydrogen-bond donors (Lipinski definition) is 0. The SMILES string of the molecule is c1ccc(-c2cc(-c3ccc(-n4c5ccccc5c5cc6c(cc54)sc4ccccc46)cc3)nc(-c3ccccc3)n2)cc1. The summed E-state index contributed by atoms with van der Waals surface area (Å²) in [5, 5.41) is 5.19. The van der Waals surface area contributed by atoms with Crippen LogP contribution in [0.2, 0.25) is 0 Å². The van der Waals surface area contributed by atoms with E-state index >= 15 is 0 Å². The zero-order chi connectivity index (χ0) is 29.0. The fourth-order valence-corrected chi connectivity index (χ4v) is 7.44. The van der Waals surface area contributed by atoms with E-state index < -0.39 is 0 Å². The van der Waals surface area contributed by atoms with Crippen molar-refractivity contribution in [3.8, 4) is 39.6 Å². The molecule has 0 aliphatic heterocycles. The average Bonchev–Trinajstić information content (AvgIpc) is 3.62. The van der Waals surface area contributed by atoms with Gasteiger partial charge in [0.1, 0.15) is 0 Å². The molecule has 6 aromatic carbocycles. The van der Waals surface area contributed by atoms with Gasteiger partial charge < -0.3 is 4.57 Å². The first-order chi connectivity index (χ1) is 21.8. The Hall–Kier alpha value is -5.58. The van der Waals surface area contributed by atoms with Gasteiger partial charge in [-0.25, -0.2) is 9.97 Å². The summed E-state index contributed by atoms with van der Waals surface area (Å²) < 4.78 is 5.02. The molecule has 0 fully saturated rings. The van der Waals surface area contributed by atoms with Gasteiger partial charge in [-0.1, -0.05) is 109 Å². The molecule has 0 radical (unpaired) electrons. The number of para-hydroxylation sites is 1. The van der Waals surface area contributed by atoms with Crippen molar-refractivity contribution in [1.82, 2.24) is 14.5 Å². The quantitative estimate of drug-likeness (QED) is 0.208. The molecule has 0 N–H and O–H groups in total. The lowest BCUT2D eigenvalue weighted by Gasteiger charge is -2.11. The Morgan fingerprint density at radius 1 is 0.409 bits per heavy atom. The predicted octanol–water partition coefficient (Wildman–Crippen LogP) is 10.9. The molecule has 0 aliphatic carbocycles. The Bertz CT molecular complexity index is 2420. The van der Waals surface area contributed by atoms with Crippen molar-refractivity contribution in [2.24, 2.45) is 0 Å². The molecule has 44 heavy (non-hydrogen) atoms. The van der Waals surface area contributed by atoms with Crippen LogP contribution in [-0.4, -0.2) is 14.5 Å². The van der Waals surface area contributed by atoms with E-state index in [9.17, 15) is 0 Å². The third kappa shape index (κ3) is 4.03. The summed E-state index contributed by atoms with van der Waals surface area (Å²) in [6, 6.07) is 53.6. The third-order valence-corrected chi connectivity index (χ3v) is 9.55. The summed E-state index contributed by atoms with van der Waals surface area (Å²) in [4.78, 5) is 9.98. The monoisotopic (exact) mass is 579 g/mol. The van der Waals surface area contributed by atoms with Crippen LogP contribution in [0, 0.1) is 0 Å². The van der Waals surface area contributed by atoms with Gasteiger partial charge in [0, 0.05) is 53.3 Å². The molecule has 206 valence electrons. The van der Waals surface area contributed by atoms with E-state index in [0.717, 1.165) is 39.6 Å². The lowest BCUT2D eigenvalue weighted by atomic mass is 10.1. The van der Waals surface area contributed by atoms with Gasteiger partial charge in [0.2, 0.25) is 0 Å². The minimum atomic E-state index is 0.723. The number of benzene rings is 6. The Balaban J connectivity index is 1.21. The smallest absolute Gasteiger partial charge is 0.160 e. The highest BCUT2D eigenvalue weighted by molar-refractivity contribution is 7.25. The highest BCUT2D eigenvalue weighted by Gasteiger charge is 2.16. The van der Waals surface area contributed by atoms with E-state index in [1.54, 1.807) is 0 Å². The Morgan fingerprint density at radius 2 is 1.02 bits per heavy atom. The van der Waals surface area contributed by atoms with Crippen LogP contribution < -0.4 is 0 Å². The van der Waals surface area contributed by atoms with Gasteiger partial charge in [-0.3, -0.25) is 0 Å². The number of nitrogens with zero attached hydrogens (tertiary/aromatic N) is 3. The average molecular weight is 580 g/mol. The summed E-state index contributed by atoms with van der Waals surface area (Å²) in [6.07, 6.45) is 0. The summed E-state index contributed by atoms with van der Waals surface area (Å²) in [5.74, 6) is 0.723. The van der Waals surface area contributed by atoms with Crippen molar-refractivity contribution in [3.63, 3.8) is 0 Å². The minimum absolute atomic E-state index is 0.723. The van der Waals surface area contributed by atoms with Crippen LogP contribution in [0.4, 0.5) is 0 Å². The Morgan fingerprint density at radius 3 is 1.77 bits per heavy atom. The maximum Gasteiger partial charge on any atom is 0.160 e. The zero-order valence-corrected chi connectivity index (χ0v) is 24.5. The third-order valence-electron chi connectivity index (χ3n) is 8.42. The number of fused-ring (bicyclic) bond motifs is 6. The first-order valence-corrected chi connectivity index (χ1v) is 15.6. The van der Waals surface area contributed by atoms with Gasteiger partial charge in [0.15, 0.2) is 5.82 Å². The van der Waals surface area contributed by atoms with Crippen LogP contribution >= 0.6 is 11.3 Å². The molecule has 3 aromatic heterocycles. The molecule has 0 saturated heterocycles. The first-order valence-electron chi connectivity index (χ1n) is 14.8. The normalized spacial score (nSPS) is 11.6. The zero-order valence-electron chi connectivity index (χ0n) is 23.7. The second-order valence-electron chi connectivity index (χ2n) is 11.1. The topological polar surface area (TPSA) is 30.7 Å². The van der Waals surface area contributed by atoms with Crippen LogP contribution in [0.5, 0.6) is 0 Å². The molecule has 0 spiro atoms. The number of thiophene rings is 1. The van der Waals surface area contributed by atoms with Crippen molar-refractivity contribution >= 4 is 53.3 Å². The molecule has 4 heteroatoms. The Labute approximate surface area is 258 Å². The van der Waals surface area contributed by atoms with Gasteiger partial charge in [-0.05, 0) is 42.5 Å². The standard InChI is InChI=1S/C40H25N3S/c1-3-11-26(12-4-1)34-24-35(42-40(41-34)28-13-5-2-6-14-28)27-19-21-29(22-20-27)43-36-17-9-7-15-30(36)32-23-33-31-16-8-10-18-38(31)44-39(33)25-37(32)43/h1-25H. The molecular formula is C40H25N3S. The van der Waals surface area contributed by atoms with Gasteiger partial charge in [0.25, 0.3) is 0 Å². The van der Waals surface area contributed by atoms with Crippen LogP contribution in [0.25, 0.3) is 81.6 Å². The molecule has 9 rings (SSSR count). The number of rotatable bonds is 4. The lowest BCUT2D eigenvalue weighted by molar-refractivity contribution is 1.17. The van der Waals surface area contributed by atoms with Crippen molar-refractivity contribution in [1.29, 1.82) is 0 Å². The maximum atomic E-state index is 5.03. The van der Waals surface area contributed by atoms with E-state index in [-0.39, 0.29) is 0 Å². The van der Waals surface area contributed by atoms with Gasteiger partial charge in [0.05, 0.1) is 22.4 Å². The largest absolute Gasteiger partial charge is 0.309 e. The molecule has 0 bridgehead atoms. The van der Waals surface area contributed by atoms with Crippen LogP contribution in [-0.2, 0) is 0 Å². The van der Waals surface area contributed by atoms with E-state index in [1.165, 1.54) is 42.0 Å². The second kappa shape index (κ2) is 10.0. The molecule has 0 saturated carbocycles. The summed E-state index contributed by atoms with van der Waals surface area (Å²) in [6.45, 7) is 0. The van der Waals surface area contributed by atoms with Crippen molar-refractivity contribution in [2.45, 2.75) is 0 Å². The highest BCUT2D eigenvalue weighted by Crippen LogP contribution is 2.40. The lowest BCUT2D eigenvalue weighted by Crippen LogP contribution is -1.97. The Kier molecular flexibility index (Phi) is 5.68. The fourth-order valence-electron chi connectivity index (χ4n) is 6.32.